The van der Waals surface area contributed by atoms with Gasteiger partial charge in [-0.3, -0.25) is 0 Å². The Balaban J connectivity index is 2.90. The van der Waals surface area contributed by atoms with Crippen LogP contribution in [0.4, 0.5) is 0 Å². The van der Waals surface area contributed by atoms with Crippen LogP contribution in [0.25, 0.3) is 0 Å². The van der Waals surface area contributed by atoms with E-state index in [-0.39, 0.29) is 0 Å². The van der Waals surface area contributed by atoms with Crippen molar-refractivity contribution in [3.63, 3.8) is 0 Å². The van der Waals surface area contributed by atoms with Gasteiger partial charge in [-0.2, -0.15) is 0 Å². The molecule has 0 amide bonds. The summed E-state index contributed by atoms with van der Waals surface area (Å²) in [6, 6.07) is 0. The second-order valence-corrected chi connectivity index (χ2v) is 18.5. The van der Waals surface area contributed by atoms with Crippen molar-refractivity contribution in [3.8, 4) is 0 Å². The van der Waals surface area contributed by atoms with E-state index < -0.39 is 18.4 Å². The Morgan fingerprint density at radius 2 is 1.42 bits per heavy atom. The maximum atomic E-state index is 2.43. The van der Waals surface area contributed by atoms with Gasteiger partial charge in [0, 0.05) is 0 Å². The SMILES string of the molecule is [CH3][Sn]([CH3])([CH3])[C]1=C/C=C\C=C/C=C\1. The van der Waals surface area contributed by atoms with E-state index in [4.69, 9.17) is 0 Å². The summed E-state index contributed by atoms with van der Waals surface area (Å²) in [5.74, 6) is 0. The molecule has 0 saturated carbocycles. The fraction of sp³-hybridized carbons (Fsp3) is 0.273. The third kappa shape index (κ3) is 3.01. The summed E-state index contributed by atoms with van der Waals surface area (Å²) < 4.78 is 1.57. The quantitative estimate of drug-likeness (QED) is 0.638. The second-order valence-electron chi connectivity index (χ2n) is 4.00. The number of hydrogen-bond donors (Lipinski definition) is 0. The first-order chi connectivity index (χ1) is 5.61. The van der Waals surface area contributed by atoms with Crippen LogP contribution in [-0.2, 0) is 0 Å². The molecule has 12 heavy (non-hydrogen) atoms. The second kappa shape index (κ2) is 4.13. The Kier molecular flexibility index (Phi) is 3.38. The van der Waals surface area contributed by atoms with Crippen molar-refractivity contribution >= 4 is 18.4 Å². The van der Waals surface area contributed by atoms with Gasteiger partial charge in [-0.25, -0.2) is 0 Å². The molecule has 1 heteroatoms. The van der Waals surface area contributed by atoms with Crippen molar-refractivity contribution < 1.29 is 0 Å². The van der Waals surface area contributed by atoms with Crippen molar-refractivity contribution in [2.75, 3.05) is 0 Å². The Hall–Kier alpha value is -0.241. The predicted molar refractivity (Wildman–Crippen MR) is 58.8 cm³/mol. The first-order valence-electron chi connectivity index (χ1n) is 4.33. The number of rotatable bonds is 1. The summed E-state index contributed by atoms with van der Waals surface area (Å²) in [6.07, 6.45) is 15.0. The Morgan fingerprint density at radius 1 is 0.833 bits per heavy atom. The van der Waals surface area contributed by atoms with Gasteiger partial charge in [-0.05, 0) is 0 Å². The van der Waals surface area contributed by atoms with E-state index in [1.807, 2.05) is 0 Å². The van der Waals surface area contributed by atoms with Crippen LogP contribution < -0.4 is 0 Å². The van der Waals surface area contributed by atoms with Crippen LogP contribution in [0.2, 0.25) is 14.8 Å². The van der Waals surface area contributed by atoms with Crippen LogP contribution >= 0.6 is 0 Å². The van der Waals surface area contributed by atoms with Gasteiger partial charge in [0.1, 0.15) is 0 Å². The van der Waals surface area contributed by atoms with Gasteiger partial charge in [-0.1, -0.05) is 0 Å². The summed E-state index contributed by atoms with van der Waals surface area (Å²) >= 11 is -1.82. The minimum atomic E-state index is -1.82. The van der Waals surface area contributed by atoms with E-state index in [1.54, 1.807) is 3.59 Å². The van der Waals surface area contributed by atoms with Crippen molar-refractivity contribution in [3.05, 3.63) is 46.1 Å². The first kappa shape index (κ1) is 9.84. The van der Waals surface area contributed by atoms with Crippen molar-refractivity contribution in [2.45, 2.75) is 14.8 Å². The molecule has 64 valence electrons. The van der Waals surface area contributed by atoms with E-state index in [0.717, 1.165) is 0 Å². The number of hydrogen-bond acceptors (Lipinski definition) is 0. The van der Waals surface area contributed by atoms with Crippen molar-refractivity contribution in [1.29, 1.82) is 0 Å². The van der Waals surface area contributed by atoms with Crippen LogP contribution in [0.5, 0.6) is 0 Å². The van der Waals surface area contributed by atoms with E-state index >= 15 is 0 Å². The van der Waals surface area contributed by atoms with Crippen LogP contribution in [0, 0.1) is 0 Å². The molecular formula is C11H16Sn. The molecule has 1 rings (SSSR count). The predicted octanol–water partition coefficient (Wildman–Crippen LogP) is 3.47. The summed E-state index contributed by atoms with van der Waals surface area (Å²) in [4.78, 5) is 7.30. The van der Waals surface area contributed by atoms with E-state index in [0.29, 0.717) is 0 Å². The molecule has 0 aromatic rings. The molecule has 1 aliphatic carbocycles. The van der Waals surface area contributed by atoms with Crippen LogP contribution in [0.1, 0.15) is 0 Å². The van der Waals surface area contributed by atoms with Gasteiger partial charge in [-0.15, -0.1) is 0 Å². The molecule has 0 unspecified atom stereocenters. The summed E-state index contributed by atoms with van der Waals surface area (Å²) in [6.45, 7) is 0. The van der Waals surface area contributed by atoms with Crippen LogP contribution in [-0.4, -0.2) is 18.4 Å². The molecule has 0 nitrogen and oxygen atoms in total. The fourth-order valence-corrected chi connectivity index (χ4v) is 4.47. The van der Waals surface area contributed by atoms with Gasteiger partial charge in [0.15, 0.2) is 0 Å². The zero-order valence-corrected chi connectivity index (χ0v) is 10.9. The van der Waals surface area contributed by atoms with Crippen LogP contribution in [0.15, 0.2) is 46.1 Å². The molecule has 0 aromatic heterocycles. The Bertz CT molecular complexity index is 259. The standard InChI is InChI=1S/C8H7.3CH3.Sn/c1-2-4-6-8-7-5-3-1;;;;/h1-7H;3*1H3;/b2-1-,3-1?,4-2?,5-3-,6-4-,7-5?,8-6?,8-7?;;;;. The van der Waals surface area contributed by atoms with Gasteiger partial charge >= 0.3 is 79.3 Å². The number of allylic oxidation sites excluding steroid dienone is 8. The molecule has 0 spiro atoms. The molecule has 0 atom stereocenters. The van der Waals surface area contributed by atoms with E-state index in [2.05, 4.69) is 57.4 Å². The normalized spacial score (nSPS) is 29.4. The summed E-state index contributed by atoms with van der Waals surface area (Å²) in [5.41, 5.74) is 0. The fourth-order valence-electron chi connectivity index (χ4n) is 1.07. The van der Waals surface area contributed by atoms with Gasteiger partial charge in [0.25, 0.3) is 0 Å². The Labute approximate surface area is 79.2 Å². The van der Waals surface area contributed by atoms with Crippen LogP contribution in [0.3, 0.4) is 0 Å². The average molecular weight is 267 g/mol. The molecule has 0 N–H and O–H groups in total. The monoisotopic (exact) mass is 268 g/mol. The zero-order chi connectivity index (χ0) is 9.03. The molecular weight excluding hydrogens is 251 g/mol. The molecule has 0 aliphatic heterocycles. The molecule has 0 saturated heterocycles. The third-order valence-corrected chi connectivity index (χ3v) is 7.76. The van der Waals surface area contributed by atoms with Crippen molar-refractivity contribution in [1.82, 2.24) is 0 Å². The van der Waals surface area contributed by atoms with Gasteiger partial charge in [0.2, 0.25) is 0 Å². The van der Waals surface area contributed by atoms with E-state index in [9.17, 15) is 0 Å². The van der Waals surface area contributed by atoms with Gasteiger partial charge in [0.05, 0.1) is 0 Å². The molecule has 1 aliphatic rings. The first-order valence-corrected chi connectivity index (χ1v) is 14.3. The minimum absolute atomic E-state index is 1.57. The van der Waals surface area contributed by atoms with Crippen molar-refractivity contribution in [2.24, 2.45) is 0 Å². The maximum absolute atomic E-state index is 2.43. The topological polar surface area (TPSA) is 0 Å². The molecule has 0 bridgehead atoms. The molecule has 0 aromatic carbocycles. The molecule has 0 heterocycles. The molecule has 0 radical (unpaired) electrons. The molecule has 0 fully saturated rings. The van der Waals surface area contributed by atoms with E-state index in [1.165, 1.54) is 0 Å². The third-order valence-electron chi connectivity index (χ3n) is 1.86. The average Bonchev–Trinajstić information content (AvgIpc) is 1.81. The zero-order valence-electron chi connectivity index (χ0n) is 8.04. The van der Waals surface area contributed by atoms with Gasteiger partial charge < -0.3 is 0 Å². The summed E-state index contributed by atoms with van der Waals surface area (Å²) in [7, 11) is 0. The summed E-state index contributed by atoms with van der Waals surface area (Å²) in [5, 5.41) is 0. The Morgan fingerprint density at radius 3 is 2.08 bits per heavy atom.